The Morgan fingerprint density at radius 1 is 0.971 bits per heavy atom. The number of benzene rings is 2. The first-order chi connectivity index (χ1) is 16.4. The number of thiazole rings is 1. The maximum Gasteiger partial charge on any atom is 0.336 e. The molecule has 2 aromatic heterocycles. The van der Waals surface area contributed by atoms with Gasteiger partial charge in [0.1, 0.15) is 0 Å². The van der Waals surface area contributed by atoms with Crippen LogP contribution in [0.5, 0.6) is 0 Å². The lowest BCUT2D eigenvalue weighted by atomic mass is 10.1. The molecule has 2 heterocycles. The second kappa shape index (κ2) is 10.6. The molecular formula is C24H19N3O4S3. The van der Waals surface area contributed by atoms with Gasteiger partial charge in [0.2, 0.25) is 5.91 Å². The molecule has 0 fully saturated rings. The van der Waals surface area contributed by atoms with Gasteiger partial charge < -0.3 is 15.7 Å². The first-order valence-corrected chi connectivity index (χ1v) is 12.8. The number of aromatic carboxylic acids is 1. The molecule has 2 amide bonds. The summed E-state index contributed by atoms with van der Waals surface area (Å²) in [5.41, 5.74) is 1.35. The lowest BCUT2D eigenvalue weighted by Crippen LogP contribution is -2.22. The topological polar surface area (TPSA) is 108 Å². The minimum Gasteiger partial charge on any atom is -0.478 e. The van der Waals surface area contributed by atoms with E-state index in [1.54, 1.807) is 48.6 Å². The van der Waals surface area contributed by atoms with Gasteiger partial charge in [-0.1, -0.05) is 24.3 Å². The molecule has 4 aromatic rings. The van der Waals surface area contributed by atoms with Crippen LogP contribution in [0, 0.1) is 0 Å². The van der Waals surface area contributed by atoms with Gasteiger partial charge in [0.15, 0.2) is 5.13 Å². The van der Waals surface area contributed by atoms with Crippen molar-refractivity contribution < 1.29 is 19.5 Å². The Hall–Kier alpha value is -3.47. The smallest absolute Gasteiger partial charge is 0.336 e. The lowest BCUT2D eigenvalue weighted by Gasteiger charge is -2.12. The SMILES string of the molecule is CC(Sc1cccc(NC(=O)c2ccccc2C(=O)O)c1)C(=O)Nc1nc(-c2cccs2)cs1. The standard InChI is InChI=1S/C24H19N3O4S3/c1-14(21(28)27-24-26-19(13-33-24)20-10-5-11-32-20)34-16-7-4-6-15(12-16)25-22(29)17-8-2-3-9-18(17)23(30)31/h2-14H,1H3,(H,25,29)(H,30,31)(H,26,27,28). The number of aromatic nitrogens is 1. The number of amides is 2. The largest absolute Gasteiger partial charge is 0.478 e. The number of anilines is 2. The Bertz CT molecular complexity index is 1330. The summed E-state index contributed by atoms with van der Waals surface area (Å²) in [6, 6.07) is 17.0. The Balaban J connectivity index is 1.38. The van der Waals surface area contributed by atoms with E-state index in [9.17, 15) is 19.5 Å². The minimum absolute atomic E-state index is 0.0692. The van der Waals surface area contributed by atoms with Gasteiger partial charge in [-0.15, -0.1) is 34.4 Å². The predicted octanol–water partition coefficient (Wildman–Crippen LogP) is 5.94. The van der Waals surface area contributed by atoms with Crippen LogP contribution in [-0.2, 0) is 4.79 Å². The molecule has 1 atom stereocenters. The van der Waals surface area contributed by atoms with Crippen LogP contribution in [0.25, 0.3) is 10.6 Å². The average molecular weight is 510 g/mol. The molecule has 0 saturated carbocycles. The maximum absolute atomic E-state index is 12.7. The zero-order valence-electron chi connectivity index (χ0n) is 17.8. The number of carboxylic acids is 1. The first kappa shape index (κ1) is 23.7. The van der Waals surface area contributed by atoms with E-state index in [2.05, 4.69) is 15.6 Å². The molecule has 1 unspecified atom stereocenters. The summed E-state index contributed by atoms with van der Waals surface area (Å²) in [6.07, 6.45) is 0. The van der Waals surface area contributed by atoms with Gasteiger partial charge in [-0.3, -0.25) is 9.59 Å². The molecule has 0 aliphatic rings. The lowest BCUT2D eigenvalue weighted by molar-refractivity contribution is -0.115. The fourth-order valence-electron chi connectivity index (χ4n) is 3.05. The highest BCUT2D eigenvalue weighted by molar-refractivity contribution is 8.00. The molecule has 7 nitrogen and oxygen atoms in total. The molecule has 2 aromatic carbocycles. The van der Waals surface area contributed by atoms with Crippen LogP contribution in [-0.4, -0.2) is 33.1 Å². The van der Waals surface area contributed by atoms with Gasteiger partial charge in [-0.05, 0) is 48.7 Å². The summed E-state index contributed by atoms with van der Waals surface area (Å²) in [7, 11) is 0. The predicted molar refractivity (Wildman–Crippen MR) is 137 cm³/mol. The van der Waals surface area contributed by atoms with E-state index in [-0.39, 0.29) is 17.0 Å². The van der Waals surface area contributed by atoms with Crippen molar-refractivity contribution in [2.45, 2.75) is 17.1 Å². The van der Waals surface area contributed by atoms with E-state index in [1.165, 1.54) is 35.2 Å². The van der Waals surface area contributed by atoms with Crippen molar-refractivity contribution in [3.63, 3.8) is 0 Å². The Morgan fingerprint density at radius 3 is 2.50 bits per heavy atom. The van der Waals surface area contributed by atoms with Crippen molar-refractivity contribution in [2.24, 2.45) is 0 Å². The average Bonchev–Trinajstić information content (AvgIpc) is 3.51. The fraction of sp³-hybridized carbons (Fsp3) is 0.0833. The Labute approximate surface area is 207 Å². The highest BCUT2D eigenvalue weighted by atomic mass is 32.2. The number of hydrogen-bond acceptors (Lipinski definition) is 7. The van der Waals surface area contributed by atoms with Crippen LogP contribution in [0.2, 0.25) is 0 Å². The summed E-state index contributed by atoms with van der Waals surface area (Å²) in [5, 5.41) is 18.9. The number of carboxylic acid groups (broad SMARTS) is 1. The summed E-state index contributed by atoms with van der Waals surface area (Å²) >= 11 is 4.31. The van der Waals surface area contributed by atoms with Crippen molar-refractivity contribution in [1.82, 2.24) is 4.98 Å². The van der Waals surface area contributed by atoms with E-state index >= 15 is 0 Å². The molecule has 0 saturated heterocycles. The van der Waals surface area contributed by atoms with Gasteiger partial charge in [-0.25, -0.2) is 9.78 Å². The second-order valence-corrected chi connectivity index (χ2v) is 10.3. The zero-order valence-corrected chi connectivity index (χ0v) is 20.3. The Kier molecular flexibility index (Phi) is 7.41. The monoisotopic (exact) mass is 509 g/mol. The molecule has 34 heavy (non-hydrogen) atoms. The number of nitrogens with zero attached hydrogens (tertiary/aromatic N) is 1. The number of carbonyl (C=O) groups excluding carboxylic acids is 2. The van der Waals surface area contributed by atoms with Crippen LogP contribution in [0.1, 0.15) is 27.6 Å². The number of carbonyl (C=O) groups is 3. The first-order valence-electron chi connectivity index (χ1n) is 10.1. The number of nitrogens with one attached hydrogen (secondary N) is 2. The van der Waals surface area contributed by atoms with Gasteiger partial charge >= 0.3 is 5.97 Å². The third-order valence-corrected chi connectivity index (χ3v) is 7.43. The third-order valence-electron chi connectivity index (χ3n) is 4.68. The molecular weight excluding hydrogens is 490 g/mol. The minimum atomic E-state index is -1.17. The third kappa shape index (κ3) is 5.71. The summed E-state index contributed by atoms with van der Waals surface area (Å²) in [6.45, 7) is 1.79. The highest BCUT2D eigenvalue weighted by Crippen LogP contribution is 2.30. The highest BCUT2D eigenvalue weighted by Gasteiger charge is 2.18. The van der Waals surface area contributed by atoms with Crippen molar-refractivity contribution in [1.29, 1.82) is 0 Å². The molecule has 172 valence electrons. The van der Waals surface area contributed by atoms with Crippen LogP contribution in [0.4, 0.5) is 10.8 Å². The van der Waals surface area contributed by atoms with Crippen molar-refractivity contribution in [3.05, 3.63) is 82.6 Å². The quantitative estimate of drug-likeness (QED) is 0.254. The van der Waals surface area contributed by atoms with Crippen LogP contribution in [0.15, 0.2) is 76.3 Å². The van der Waals surface area contributed by atoms with Crippen LogP contribution >= 0.6 is 34.4 Å². The number of rotatable bonds is 8. The molecule has 0 radical (unpaired) electrons. The Morgan fingerprint density at radius 2 is 1.76 bits per heavy atom. The zero-order chi connectivity index (χ0) is 24.1. The molecule has 0 aliphatic heterocycles. The molecule has 0 bridgehead atoms. The van der Waals surface area contributed by atoms with E-state index in [4.69, 9.17) is 0 Å². The molecule has 3 N–H and O–H groups in total. The number of thioether (sulfide) groups is 1. The number of thiophene rings is 1. The van der Waals surface area contributed by atoms with Gasteiger partial charge in [0.25, 0.3) is 5.91 Å². The molecule has 4 rings (SSSR count). The summed E-state index contributed by atoms with van der Waals surface area (Å²) < 4.78 is 0. The summed E-state index contributed by atoms with van der Waals surface area (Å²) in [5.74, 6) is -1.87. The fourth-order valence-corrected chi connectivity index (χ4v) is 5.45. The van der Waals surface area contributed by atoms with Crippen molar-refractivity contribution >= 4 is 63.0 Å². The van der Waals surface area contributed by atoms with Gasteiger partial charge in [0.05, 0.1) is 26.9 Å². The second-order valence-electron chi connectivity index (χ2n) is 7.10. The van der Waals surface area contributed by atoms with Crippen molar-refractivity contribution in [2.75, 3.05) is 10.6 Å². The van der Waals surface area contributed by atoms with E-state index in [1.807, 2.05) is 29.0 Å². The van der Waals surface area contributed by atoms with E-state index in [0.29, 0.717) is 10.8 Å². The summed E-state index contributed by atoms with van der Waals surface area (Å²) in [4.78, 5) is 43.0. The van der Waals surface area contributed by atoms with Crippen LogP contribution in [0.3, 0.4) is 0 Å². The van der Waals surface area contributed by atoms with Crippen molar-refractivity contribution in [3.8, 4) is 10.6 Å². The molecule has 10 heteroatoms. The van der Waals surface area contributed by atoms with E-state index in [0.717, 1.165) is 15.5 Å². The van der Waals surface area contributed by atoms with Gasteiger partial charge in [0, 0.05) is 16.0 Å². The molecule has 0 spiro atoms. The van der Waals surface area contributed by atoms with Crippen LogP contribution < -0.4 is 10.6 Å². The maximum atomic E-state index is 12.7. The normalized spacial score (nSPS) is 11.6. The molecule has 0 aliphatic carbocycles. The number of hydrogen-bond donors (Lipinski definition) is 3. The van der Waals surface area contributed by atoms with E-state index < -0.39 is 17.1 Å². The van der Waals surface area contributed by atoms with Gasteiger partial charge in [-0.2, -0.15) is 0 Å².